The summed E-state index contributed by atoms with van der Waals surface area (Å²) in [6.07, 6.45) is 2.37. The van der Waals surface area contributed by atoms with Crippen molar-refractivity contribution in [1.82, 2.24) is 14.5 Å². The average Bonchev–Trinajstić information content (AvgIpc) is 2.91. The van der Waals surface area contributed by atoms with Gasteiger partial charge in [-0.25, -0.2) is 4.98 Å². The number of fused-ring (bicyclic) bond motifs is 1. The van der Waals surface area contributed by atoms with Gasteiger partial charge in [-0.2, -0.15) is 0 Å². The lowest BCUT2D eigenvalue weighted by molar-refractivity contribution is -0.132. The number of hydrogen-bond acceptors (Lipinski definition) is 4. The zero-order valence-corrected chi connectivity index (χ0v) is 13.8. The van der Waals surface area contributed by atoms with E-state index >= 15 is 0 Å². The number of para-hydroxylation sites is 1. The van der Waals surface area contributed by atoms with Crippen molar-refractivity contribution < 1.29 is 4.79 Å². The summed E-state index contributed by atoms with van der Waals surface area (Å²) < 4.78 is 1.38. The second kappa shape index (κ2) is 7.10. The first kappa shape index (κ1) is 17.4. The van der Waals surface area contributed by atoms with Crippen molar-refractivity contribution in [2.24, 2.45) is 11.7 Å². The van der Waals surface area contributed by atoms with Crippen LogP contribution in [0.3, 0.4) is 0 Å². The molecule has 2 heterocycles. The van der Waals surface area contributed by atoms with Crippen LogP contribution >= 0.6 is 12.4 Å². The molecule has 7 heteroatoms. The number of halogens is 1. The molecule has 2 N–H and O–H groups in total. The minimum atomic E-state index is -0.179. The molecule has 1 aromatic carbocycles. The van der Waals surface area contributed by atoms with Crippen LogP contribution in [-0.4, -0.2) is 39.5 Å². The predicted octanol–water partition coefficient (Wildman–Crippen LogP) is 1.01. The first-order chi connectivity index (χ1) is 10.6. The number of nitrogens with two attached hydrogens (primary N) is 1. The first-order valence-corrected chi connectivity index (χ1v) is 7.54. The predicted molar refractivity (Wildman–Crippen MR) is 91.6 cm³/mol. The number of hydrogen-bond donors (Lipinski definition) is 1. The molecule has 2 atom stereocenters. The third kappa shape index (κ3) is 3.38. The molecule has 1 amide bonds. The van der Waals surface area contributed by atoms with E-state index < -0.39 is 0 Å². The van der Waals surface area contributed by atoms with Crippen molar-refractivity contribution >= 4 is 29.2 Å². The van der Waals surface area contributed by atoms with E-state index in [9.17, 15) is 9.59 Å². The lowest BCUT2D eigenvalue weighted by Gasteiger charge is -2.22. The molecule has 1 aliphatic heterocycles. The summed E-state index contributed by atoms with van der Waals surface area (Å²) in [6.45, 7) is 3.31. The van der Waals surface area contributed by atoms with Gasteiger partial charge >= 0.3 is 0 Å². The summed E-state index contributed by atoms with van der Waals surface area (Å²) in [6, 6.07) is 7.33. The van der Waals surface area contributed by atoms with Crippen molar-refractivity contribution in [1.29, 1.82) is 0 Å². The lowest BCUT2D eigenvalue weighted by Crippen LogP contribution is -2.39. The van der Waals surface area contributed by atoms with Crippen LogP contribution in [0, 0.1) is 5.92 Å². The van der Waals surface area contributed by atoms with Gasteiger partial charge in [-0.1, -0.05) is 12.1 Å². The number of benzene rings is 1. The van der Waals surface area contributed by atoms with Crippen LogP contribution in [0.4, 0.5) is 0 Å². The molecule has 23 heavy (non-hydrogen) atoms. The molecular weight excluding hydrogens is 316 g/mol. The average molecular weight is 337 g/mol. The molecule has 1 fully saturated rings. The molecule has 0 bridgehead atoms. The zero-order valence-electron chi connectivity index (χ0n) is 13.0. The number of likely N-dealkylation sites (tertiary alicyclic amines) is 1. The number of nitrogens with zero attached hydrogens (tertiary/aromatic N) is 3. The van der Waals surface area contributed by atoms with Crippen LogP contribution in [0.2, 0.25) is 0 Å². The molecular formula is C16H21ClN4O2. The highest BCUT2D eigenvalue weighted by atomic mass is 35.5. The maximum Gasteiger partial charge on any atom is 0.261 e. The normalized spacial score (nSPS) is 20.5. The molecule has 0 aliphatic carbocycles. The molecule has 2 aromatic rings. The quantitative estimate of drug-likeness (QED) is 0.907. The van der Waals surface area contributed by atoms with Crippen LogP contribution < -0.4 is 11.3 Å². The smallest absolute Gasteiger partial charge is 0.261 e. The zero-order chi connectivity index (χ0) is 15.7. The molecule has 124 valence electrons. The summed E-state index contributed by atoms with van der Waals surface area (Å²) in [4.78, 5) is 30.9. The number of amides is 1. The fraction of sp³-hybridized carbons (Fsp3) is 0.438. The molecule has 2 unspecified atom stereocenters. The molecule has 0 saturated carbocycles. The van der Waals surface area contributed by atoms with E-state index in [2.05, 4.69) is 4.98 Å². The second-order valence-corrected chi connectivity index (χ2v) is 5.93. The second-order valence-electron chi connectivity index (χ2n) is 5.93. The Balaban J connectivity index is 0.00000192. The van der Waals surface area contributed by atoms with E-state index in [1.165, 1.54) is 10.9 Å². The van der Waals surface area contributed by atoms with Gasteiger partial charge < -0.3 is 10.6 Å². The van der Waals surface area contributed by atoms with Crippen molar-refractivity contribution in [3.63, 3.8) is 0 Å². The largest absolute Gasteiger partial charge is 0.338 e. The summed E-state index contributed by atoms with van der Waals surface area (Å²) in [5.74, 6) is 0.299. The third-order valence-corrected chi connectivity index (χ3v) is 4.35. The Morgan fingerprint density at radius 2 is 2.13 bits per heavy atom. The number of carbonyl (C=O) groups excluding carboxylic acids is 1. The molecule has 1 aliphatic rings. The maximum atomic E-state index is 12.5. The first-order valence-electron chi connectivity index (χ1n) is 7.54. The number of carbonyl (C=O) groups is 1. The maximum absolute atomic E-state index is 12.5. The summed E-state index contributed by atoms with van der Waals surface area (Å²) in [7, 11) is 0. The van der Waals surface area contributed by atoms with Gasteiger partial charge in [0.05, 0.1) is 17.2 Å². The molecule has 1 saturated heterocycles. The van der Waals surface area contributed by atoms with Crippen molar-refractivity contribution in [3.8, 4) is 0 Å². The van der Waals surface area contributed by atoms with Gasteiger partial charge in [-0.05, 0) is 37.9 Å². The third-order valence-electron chi connectivity index (χ3n) is 4.35. The highest BCUT2D eigenvalue weighted by Crippen LogP contribution is 2.22. The van der Waals surface area contributed by atoms with E-state index in [4.69, 9.17) is 5.73 Å². The van der Waals surface area contributed by atoms with E-state index in [0.717, 1.165) is 6.42 Å². The Hall–Kier alpha value is -1.92. The Labute approximate surface area is 140 Å². The fourth-order valence-electron chi connectivity index (χ4n) is 3.12. The van der Waals surface area contributed by atoms with E-state index in [-0.39, 0.29) is 36.5 Å². The lowest BCUT2D eigenvalue weighted by atomic mass is 10.1. The van der Waals surface area contributed by atoms with Crippen molar-refractivity contribution in [3.05, 3.63) is 40.9 Å². The molecule has 0 radical (unpaired) electrons. The molecule has 3 rings (SSSR count). The number of rotatable bonds is 3. The fourth-order valence-corrected chi connectivity index (χ4v) is 3.12. The Bertz CT molecular complexity index is 761. The van der Waals surface area contributed by atoms with Crippen LogP contribution in [0.15, 0.2) is 35.4 Å². The van der Waals surface area contributed by atoms with Gasteiger partial charge in [0.2, 0.25) is 5.91 Å². The summed E-state index contributed by atoms with van der Waals surface area (Å²) >= 11 is 0. The minimum absolute atomic E-state index is 0. The summed E-state index contributed by atoms with van der Waals surface area (Å²) in [5, 5.41) is 0.534. The van der Waals surface area contributed by atoms with Crippen molar-refractivity contribution in [2.75, 3.05) is 13.1 Å². The van der Waals surface area contributed by atoms with E-state index in [1.54, 1.807) is 18.2 Å². The molecule has 0 spiro atoms. The van der Waals surface area contributed by atoms with Gasteiger partial charge in [0.1, 0.15) is 6.54 Å². The highest BCUT2D eigenvalue weighted by molar-refractivity contribution is 5.85. The highest BCUT2D eigenvalue weighted by Gasteiger charge is 2.31. The Morgan fingerprint density at radius 3 is 2.83 bits per heavy atom. The SMILES string of the molecule is CC1CC(CN)CN1C(=O)Cn1cnc2ccccc2c1=O.Cl. The summed E-state index contributed by atoms with van der Waals surface area (Å²) in [5.41, 5.74) is 6.16. The standard InChI is InChI=1S/C16H20N4O2.ClH/c1-11-6-12(7-17)8-20(11)15(21)9-19-10-18-14-5-3-2-4-13(14)16(19)22;/h2-5,10-12H,6-9,17H2,1H3;1H. The topological polar surface area (TPSA) is 81.2 Å². The van der Waals surface area contributed by atoms with E-state index in [1.807, 2.05) is 17.9 Å². The van der Waals surface area contributed by atoms with Crippen molar-refractivity contribution in [2.45, 2.75) is 25.9 Å². The molecule has 1 aromatic heterocycles. The minimum Gasteiger partial charge on any atom is -0.338 e. The Morgan fingerprint density at radius 1 is 1.39 bits per heavy atom. The van der Waals surface area contributed by atoms with E-state index in [0.29, 0.717) is 29.9 Å². The van der Waals surface area contributed by atoms with Crippen LogP contribution in [0.5, 0.6) is 0 Å². The van der Waals surface area contributed by atoms with Gasteiger partial charge in [-0.15, -0.1) is 12.4 Å². The monoisotopic (exact) mass is 336 g/mol. The Kier molecular flexibility index (Phi) is 5.38. The van der Waals surface area contributed by atoms with Gasteiger partial charge in [0.25, 0.3) is 5.56 Å². The van der Waals surface area contributed by atoms with Gasteiger partial charge in [-0.3, -0.25) is 14.2 Å². The van der Waals surface area contributed by atoms with Gasteiger partial charge in [0, 0.05) is 12.6 Å². The van der Waals surface area contributed by atoms with Crippen LogP contribution in [0.1, 0.15) is 13.3 Å². The molecule has 6 nitrogen and oxygen atoms in total. The van der Waals surface area contributed by atoms with Crippen LogP contribution in [-0.2, 0) is 11.3 Å². The number of aromatic nitrogens is 2. The van der Waals surface area contributed by atoms with Gasteiger partial charge in [0.15, 0.2) is 0 Å². The van der Waals surface area contributed by atoms with Crippen LogP contribution in [0.25, 0.3) is 10.9 Å².